The van der Waals surface area contributed by atoms with Gasteiger partial charge in [0.25, 0.3) is 0 Å². The van der Waals surface area contributed by atoms with Gasteiger partial charge >= 0.3 is 0 Å². The number of hydrogen-bond donors (Lipinski definition) is 2. The number of hydrogen-bond acceptors (Lipinski definition) is 2. The van der Waals surface area contributed by atoms with Gasteiger partial charge in [0, 0.05) is 11.8 Å². The van der Waals surface area contributed by atoms with Crippen molar-refractivity contribution in [2.45, 2.75) is 50.7 Å². The van der Waals surface area contributed by atoms with Gasteiger partial charge in [0.15, 0.2) is 0 Å². The van der Waals surface area contributed by atoms with Crippen molar-refractivity contribution in [3.05, 3.63) is 226 Å². The topological polar surface area (TPSA) is 40.5 Å². The van der Waals surface area contributed by atoms with Crippen LogP contribution in [0.3, 0.4) is 0 Å². The molecule has 0 saturated carbocycles. The first-order valence-corrected chi connectivity index (χ1v) is 16.7. The lowest BCUT2D eigenvalue weighted by molar-refractivity contribution is 0.0593. The Morgan fingerprint density at radius 2 is 0.583 bits per heavy atom. The third kappa shape index (κ3) is 6.55. The summed E-state index contributed by atoms with van der Waals surface area (Å²) < 4.78 is 0. The van der Waals surface area contributed by atoms with Gasteiger partial charge < -0.3 is 10.2 Å². The van der Waals surface area contributed by atoms with Gasteiger partial charge in [0.05, 0.1) is 0 Å². The molecule has 240 valence electrons. The second kappa shape index (κ2) is 14.0. The zero-order chi connectivity index (χ0) is 33.7. The predicted molar refractivity (Wildman–Crippen MR) is 198 cm³/mol. The Morgan fingerprint density at radius 1 is 0.354 bits per heavy atom. The zero-order valence-electron chi connectivity index (χ0n) is 28.2. The van der Waals surface area contributed by atoms with Crippen molar-refractivity contribution in [2.75, 3.05) is 0 Å². The van der Waals surface area contributed by atoms with Crippen LogP contribution in [0.1, 0.15) is 67.5 Å². The maximum Gasteiger partial charge on any atom is 0.125 e. The van der Waals surface area contributed by atoms with Crippen molar-refractivity contribution in [1.29, 1.82) is 0 Å². The first-order chi connectivity index (χ1) is 23.2. The summed E-state index contributed by atoms with van der Waals surface area (Å²) in [5.74, 6) is -0.980. The van der Waals surface area contributed by atoms with Crippen LogP contribution in [0.5, 0.6) is 0 Å². The van der Waals surface area contributed by atoms with Crippen molar-refractivity contribution in [1.82, 2.24) is 0 Å². The molecule has 0 aliphatic rings. The summed E-state index contributed by atoms with van der Waals surface area (Å²) >= 11 is 0. The molecule has 0 unspecified atom stereocenters. The smallest absolute Gasteiger partial charge is 0.125 e. The molecule has 2 heteroatoms. The van der Waals surface area contributed by atoms with Crippen LogP contribution in [0.2, 0.25) is 0 Å². The molecule has 6 rings (SSSR count). The van der Waals surface area contributed by atoms with Gasteiger partial charge in [-0.15, -0.1) is 0 Å². The largest absolute Gasteiger partial charge is 0.379 e. The fourth-order valence-electron chi connectivity index (χ4n) is 6.81. The number of aliphatic hydroxyl groups is 2. The van der Waals surface area contributed by atoms with Gasteiger partial charge in [-0.2, -0.15) is 0 Å². The predicted octanol–water partition coefficient (Wildman–Crippen LogP) is 10.2. The molecule has 0 fully saturated rings. The van der Waals surface area contributed by atoms with Gasteiger partial charge in [-0.25, -0.2) is 0 Å². The molecule has 0 heterocycles. The van der Waals surface area contributed by atoms with Crippen molar-refractivity contribution >= 4 is 0 Å². The molecule has 2 atom stereocenters. The third-order valence-corrected chi connectivity index (χ3v) is 9.68. The molecule has 0 bridgehead atoms. The summed E-state index contributed by atoms with van der Waals surface area (Å²) in [5.41, 5.74) is 6.85. The Labute approximate surface area is 285 Å². The van der Waals surface area contributed by atoms with Crippen molar-refractivity contribution < 1.29 is 10.2 Å². The van der Waals surface area contributed by atoms with E-state index >= 15 is 0 Å². The highest BCUT2D eigenvalue weighted by atomic mass is 16.3. The maximum atomic E-state index is 13.2. The van der Waals surface area contributed by atoms with Crippen LogP contribution in [0.25, 0.3) is 0 Å². The highest BCUT2D eigenvalue weighted by molar-refractivity contribution is 5.49. The fraction of sp³-hybridized carbons (Fsp3) is 0.174. The summed E-state index contributed by atoms with van der Waals surface area (Å²) in [6.45, 7) is 8.24. The first kappa shape index (κ1) is 32.9. The van der Waals surface area contributed by atoms with Crippen molar-refractivity contribution in [3.8, 4) is 0 Å². The lowest BCUT2D eigenvalue weighted by Gasteiger charge is -2.39. The molecule has 2 nitrogen and oxygen atoms in total. The molecule has 0 aliphatic heterocycles. The molecule has 6 aromatic rings. The quantitative estimate of drug-likeness (QED) is 0.148. The summed E-state index contributed by atoms with van der Waals surface area (Å²) in [4.78, 5) is 0. The van der Waals surface area contributed by atoms with Gasteiger partial charge in [0.1, 0.15) is 11.2 Å². The molecule has 0 aliphatic carbocycles. The molecule has 2 N–H and O–H groups in total. The summed E-state index contributed by atoms with van der Waals surface area (Å²) in [5, 5.41) is 26.4. The average molecular weight is 629 g/mol. The van der Waals surface area contributed by atoms with Crippen LogP contribution in [-0.4, -0.2) is 10.2 Å². The normalized spacial score (nSPS) is 13.4. The minimum Gasteiger partial charge on any atom is -0.379 e. The maximum absolute atomic E-state index is 13.2. The molecular formula is C46H44O2. The fourth-order valence-corrected chi connectivity index (χ4v) is 6.81. The number of aryl methyl sites for hydroxylation is 4. The van der Waals surface area contributed by atoms with Crippen molar-refractivity contribution in [2.24, 2.45) is 0 Å². The van der Waals surface area contributed by atoms with Crippen LogP contribution >= 0.6 is 0 Å². The molecule has 0 amide bonds. The molecule has 48 heavy (non-hydrogen) atoms. The first-order valence-electron chi connectivity index (χ1n) is 16.7. The van der Waals surface area contributed by atoms with Gasteiger partial charge in [-0.3, -0.25) is 0 Å². The van der Waals surface area contributed by atoms with E-state index in [1.54, 1.807) is 0 Å². The van der Waals surface area contributed by atoms with E-state index in [0.717, 1.165) is 55.6 Å². The lowest BCUT2D eigenvalue weighted by atomic mass is 9.69. The summed E-state index contributed by atoms with van der Waals surface area (Å²) in [7, 11) is 0. The highest BCUT2D eigenvalue weighted by Gasteiger charge is 2.43. The van der Waals surface area contributed by atoms with Crippen LogP contribution < -0.4 is 0 Å². The van der Waals surface area contributed by atoms with E-state index in [-0.39, 0.29) is 0 Å². The van der Waals surface area contributed by atoms with Crippen LogP contribution in [0.15, 0.2) is 170 Å². The Bertz CT molecular complexity index is 1700. The standard InChI is InChI=1S/C46H44O2/c1-33-15-23-39(24-16-33)45(47,40-25-17-34(2)18-26-40)43(37-11-7-5-8-12-37)31-32-44(38-13-9-6-10-14-38)46(48,41-27-19-35(3)20-28-41)42-29-21-36(4)22-30-42/h5-32,43-44,47-48H,1-4H3/b32-31-/t43-,44+. The third-order valence-electron chi connectivity index (χ3n) is 9.68. The van der Waals surface area contributed by atoms with Crippen LogP contribution in [-0.2, 0) is 11.2 Å². The Morgan fingerprint density at radius 3 is 0.812 bits per heavy atom. The summed E-state index contributed by atoms with van der Waals surface area (Å²) in [6, 6.07) is 53.1. The van der Waals surface area contributed by atoms with Crippen LogP contribution in [0.4, 0.5) is 0 Å². The van der Waals surface area contributed by atoms with E-state index < -0.39 is 23.0 Å². The zero-order valence-corrected chi connectivity index (χ0v) is 28.2. The van der Waals surface area contributed by atoms with Gasteiger partial charge in [-0.05, 0) is 61.1 Å². The highest BCUT2D eigenvalue weighted by Crippen LogP contribution is 2.47. The van der Waals surface area contributed by atoms with E-state index in [2.05, 4.69) is 113 Å². The van der Waals surface area contributed by atoms with E-state index in [0.29, 0.717) is 0 Å². The van der Waals surface area contributed by atoms with E-state index in [1.165, 1.54) is 0 Å². The number of benzene rings is 6. The minimum absolute atomic E-state index is 0.490. The second-order valence-corrected chi connectivity index (χ2v) is 13.2. The van der Waals surface area contributed by atoms with E-state index in [4.69, 9.17) is 0 Å². The van der Waals surface area contributed by atoms with Crippen LogP contribution in [0, 0.1) is 27.7 Å². The molecular weight excluding hydrogens is 585 g/mol. The SMILES string of the molecule is Cc1ccc(C(O)(c2ccc(C)cc2)[C@H](/C=C\[C@@H](c2ccccc2)C(O)(c2ccc(C)cc2)c2ccc(C)cc2)c2ccccc2)cc1. The molecule has 0 saturated heterocycles. The lowest BCUT2D eigenvalue weighted by Crippen LogP contribution is -2.36. The molecule has 0 aromatic heterocycles. The second-order valence-electron chi connectivity index (χ2n) is 13.2. The Balaban J connectivity index is 1.61. The Hall–Kier alpha value is -5.02. The molecule has 6 aromatic carbocycles. The van der Waals surface area contributed by atoms with E-state index in [9.17, 15) is 10.2 Å². The molecule has 0 radical (unpaired) electrons. The van der Waals surface area contributed by atoms with Gasteiger partial charge in [-0.1, -0.05) is 192 Å². The number of rotatable bonds is 10. The minimum atomic E-state index is -1.41. The Kier molecular flexibility index (Phi) is 9.59. The van der Waals surface area contributed by atoms with Gasteiger partial charge in [0.2, 0.25) is 0 Å². The monoisotopic (exact) mass is 628 g/mol. The average Bonchev–Trinajstić information content (AvgIpc) is 3.11. The van der Waals surface area contributed by atoms with E-state index in [1.807, 2.05) is 84.9 Å². The molecule has 0 spiro atoms. The van der Waals surface area contributed by atoms with Crippen molar-refractivity contribution in [3.63, 3.8) is 0 Å². The summed E-state index contributed by atoms with van der Waals surface area (Å²) in [6.07, 6.45) is 4.22.